The molecular formula is C15H17F3N2O2. The van der Waals surface area contributed by atoms with Crippen molar-refractivity contribution in [1.82, 2.24) is 4.90 Å². The van der Waals surface area contributed by atoms with E-state index >= 15 is 0 Å². The highest BCUT2D eigenvalue weighted by Crippen LogP contribution is 2.39. The molecular weight excluding hydrogens is 297 g/mol. The molecule has 1 saturated carbocycles. The van der Waals surface area contributed by atoms with E-state index in [-0.39, 0.29) is 24.1 Å². The number of hydrogen-bond donors (Lipinski definition) is 1. The highest BCUT2D eigenvalue weighted by molar-refractivity contribution is 5.95. The largest absolute Gasteiger partial charge is 0.418 e. The van der Waals surface area contributed by atoms with Crippen LogP contribution < -0.4 is 5.32 Å². The molecule has 120 valence electrons. The van der Waals surface area contributed by atoms with Crippen LogP contribution in [0.25, 0.3) is 0 Å². The molecule has 4 nitrogen and oxygen atoms in total. The zero-order valence-electron chi connectivity index (χ0n) is 12.3. The summed E-state index contributed by atoms with van der Waals surface area (Å²) < 4.78 is 38.5. The van der Waals surface area contributed by atoms with E-state index in [4.69, 9.17) is 0 Å². The van der Waals surface area contributed by atoms with Crippen molar-refractivity contribution in [1.29, 1.82) is 0 Å². The highest BCUT2D eigenvalue weighted by atomic mass is 19.4. The van der Waals surface area contributed by atoms with Crippen LogP contribution >= 0.6 is 0 Å². The molecule has 22 heavy (non-hydrogen) atoms. The molecule has 0 saturated heterocycles. The van der Waals surface area contributed by atoms with Crippen molar-refractivity contribution < 1.29 is 22.8 Å². The van der Waals surface area contributed by atoms with Crippen LogP contribution in [-0.2, 0) is 15.8 Å². The minimum absolute atomic E-state index is 0.0692. The predicted octanol–water partition coefficient (Wildman–Crippen LogP) is 2.76. The lowest BCUT2D eigenvalue weighted by Gasteiger charge is -2.18. The Kier molecular flexibility index (Phi) is 4.44. The molecule has 0 heterocycles. The topological polar surface area (TPSA) is 49.4 Å². The maximum Gasteiger partial charge on any atom is 0.418 e. The van der Waals surface area contributed by atoms with Crippen LogP contribution in [0.1, 0.15) is 18.9 Å². The van der Waals surface area contributed by atoms with Crippen molar-refractivity contribution in [2.45, 2.75) is 19.5 Å². The summed E-state index contributed by atoms with van der Waals surface area (Å²) in [6.07, 6.45) is -3.75. The van der Waals surface area contributed by atoms with Gasteiger partial charge in [0, 0.05) is 13.0 Å². The van der Waals surface area contributed by atoms with E-state index in [1.54, 1.807) is 0 Å². The van der Waals surface area contributed by atoms with Gasteiger partial charge in [0.1, 0.15) is 0 Å². The summed E-state index contributed by atoms with van der Waals surface area (Å²) in [5, 5.41) is 2.22. The van der Waals surface area contributed by atoms with Crippen molar-refractivity contribution in [2.75, 3.05) is 18.9 Å². The number of likely N-dealkylation sites (N-methyl/N-ethyl adjacent to an activating group) is 1. The molecule has 0 aromatic heterocycles. The summed E-state index contributed by atoms with van der Waals surface area (Å²) in [6.45, 7) is 1.67. The molecule has 0 radical (unpaired) electrons. The SMILES string of the molecule is CC1CC1C(=O)N(C)CC(=O)Nc1ccccc1C(F)(F)F. The van der Waals surface area contributed by atoms with Crippen molar-refractivity contribution >= 4 is 17.5 Å². The molecule has 1 fully saturated rings. The molecule has 2 amide bonds. The number of para-hydroxylation sites is 1. The third-order valence-electron chi connectivity index (χ3n) is 3.69. The van der Waals surface area contributed by atoms with Crippen LogP contribution in [0.2, 0.25) is 0 Å². The lowest BCUT2D eigenvalue weighted by atomic mass is 10.1. The summed E-state index contributed by atoms with van der Waals surface area (Å²) in [5.74, 6) is -0.558. The Morgan fingerprint density at radius 1 is 1.32 bits per heavy atom. The number of benzene rings is 1. The van der Waals surface area contributed by atoms with E-state index in [1.807, 2.05) is 6.92 Å². The van der Waals surface area contributed by atoms with Crippen LogP contribution in [0.5, 0.6) is 0 Å². The van der Waals surface area contributed by atoms with Crippen molar-refractivity contribution in [3.05, 3.63) is 29.8 Å². The average Bonchev–Trinajstić information content (AvgIpc) is 3.14. The summed E-state index contributed by atoms with van der Waals surface area (Å²) in [5.41, 5.74) is -1.21. The lowest BCUT2D eigenvalue weighted by molar-refractivity contribution is -0.137. The number of halogens is 3. The van der Waals surface area contributed by atoms with Gasteiger partial charge in [-0.25, -0.2) is 0 Å². The normalized spacial score (nSPS) is 20.4. The Bertz CT molecular complexity index is 586. The molecule has 1 N–H and O–H groups in total. The molecule has 1 aromatic carbocycles. The minimum Gasteiger partial charge on any atom is -0.336 e. The highest BCUT2D eigenvalue weighted by Gasteiger charge is 2.41. The Morgan fingerprint density at radius 2 is 1.91 bits per heavy atom. The maximum absolute atomic E-state index is 12.8. The number of nitrogens with one attached hydrogen (secondary N) is 1. The van der Waals surface area contributed by atoms with Gasteiger partial charge in [-0.05, 0) is 24.5 Å². The zero-order valence-corrected chi connectivity index (χ0v) is 12.3. The number of anilines is 1. The van der Waals surface area contributed by atoms with Crippen LogP contribution in [-0.4, -0.2) is 30.3 Å². The van der Waals surface area contributed by atoms with E-state index in [2.05, 4.69) is 5.32 Å². The first-order chi connectivity index (χ1) is 10.2. The number of nitrogens with zero attached hydrogens (tertiary/aromatic N) is 1. The first-order valence-corrected chi connectivity index (χ1v) is 6.91. The van der Waals surface area contributed by atoms with Crippen molar-refractivity contribution in [2.24, 2.45) is 11.8 Å². The van der Waals surface area contributed by atoms with Gasteiger partial charge in [0.15, 0.2) is 0 Å². The van der Waals surface area contributed by atoms with E-state index < -0.39 is 17.6 Å². The number of carbonyl (C=O) groups excluding carboxylic acids is 2. The maximum atomic E-state index is 12.8. The second kappa shape index (κ2) is 5.98. The first-order valence-electron chi connectivity index (χ1n) is 6.91. The Morgan fingerprint density at radius 3 is 2.45 bits per heavy atom. The Labute approximate surface area is 126 Å². The van der Waals surface area contributed by atoms with E-state index in [1.165, 1.54) is 30.1 Å². The van der Waals surface area contributed by atoms with Gasteiger partial charge in [-0.15, -0.1) is 0 Å². The number of rotatable bonds is 4. The average molecular weight is 314 g/mol. The number of hydrogen-bond acceptors (Lipinski definition) is 2. The Hall–Kier alpha value is -2.05. The van der Waals surface area contributed by atoms with E-state index in [9.17, 15) is 22.8 Å². The molecule has 2 rings (SSSR count). The smallest absolute Gasteiger partial charge is 0.336 e. The zero-order chi connectivity index (χ0) is 16.5. The van der Waals surface area contributed by atoms with Crippen molar-refractivity contribution in [3.63, 3.8) is 0 Å². The molecule has 7 heteroatoms. The van der Waals surface area contributed by atoms with Gasteiger partial charge in [-0.3, -0.25) is 9.59 Å². The molecule has 0 aliphatic heterocycles. The van der Waals surface area contributed by atoms with Crippen LogP contribution in [0.3, 0.4) is 0 Å². The molecule has 0 bridgehead atoms. The fraction of sp³-hybridized carbons (Fsp3) is 0.467. The summed E-state index contributed by atoms with van der Waals surface area (Å²) in [6, 6.07) is 4.75. The van der Waals surface area contributed by atoms with Crippen LogP contribution in [0.4, 0.5) is 18.9 Å². The summed E-state index contributed by atoms with van der Waals surface area (Å²) in [7, 11) is 1.47. The molecule has 1 aliphatic carbocycles. The van der Waals surface area contributed by atoms with Crippen molar-refractivity contribution in [3.8, 4) is 0 Å². The van der Waals surface area contributed by atoms with Crippen LogP contribution in [0, 0.1) is 11.8 Å². The fourth-order valence-corrected chi connectivity index (χ4v) is 2.27. The van der Waals surface area contributed by atoms with Gasteiger partial charge >= 0.3 is 6.18 Å². The monoisotopic (exact) mass is 314 g/mol. The summed E-state index contributed by atoms with van der Waals surface area (Å²) >= 11 is 0. The van der Waals surface area contributed by atoms with E-state index in [0.29, 0.717) is 5.92 Å². The third kappa shape index (κ3) is 3.78. The van der Waals surface area contributed by atoms with Gasteiger partial charge < -0.3 is 10.2 Å². The lowest BCUT2D eigenvalue weighted by Crippen LogP contribution is -2.36. The fourth-order valence-electron chi connectivity index (χ4n) is 2.27. The third-order valence-corrected chi connectivity index (χ3v) is 3.69. The molecule has 1 aliphatic rings. The number of carbonyl (C=O) groups is 2. The van der Waals surface area contributed by atoms with Gasteiger partial charge in [-0.1, -0.05) is 19.1 Å². The molecule has 2 unspecified atom stereocenters. The van der Waals surface area contributed by atoms with E-state index in [0.717, 1.165) is 12.5 Å². The predicted molar refractivity (Wildman–Crippen MR) is 75.0 cm³/mol. The van der Waals surface area contributed by atoms with Crippen LogP contribution in [0.15, 0.2) is 24.3 Å². The van der Waals surface area contributed by atoms with Gasteiger partial charge in [0.2, 0.25) is 11.8 Å². The second-order valence-corrected chi connectivity index (χ2v) is 5.61. The number of amides is 2. The first kappa shape index (κ1) is 16.3. The standard InChI is InChI=1S/C15H17F3N2O2/c1-9-7-10(9)14(22)20(2)8-13(21)19-12-6-4-3-5-11(12)15(16,17)18/h3-6,9-10H,7-8H2,1-2H3,(H,19,21). The quantitative estimate of drug-likeness (QED) is 0.929. The molecule has 1 aromatic rings. The van der Waals surface area contributed by atoms with Gasteiger partial charge in [0.25, 0.3) is 0 Å². The van der Waals surface area contributed by atoms with Gasteiger partial charge in [0.05, 0.1) is 17.8 Å². The minimum atomic E-state index is -4.55. The second-order valence-electron chi connectivity index (χ2n) is 5.61. The van der Waals surface area contributed by atoms with Gasteiger partial charge in [-0.2, -0.15) is 13.2 Å². The Balaban J connectivity index is 1.99. The molecule has 0 spiro atoms. The number of alkyl halides is 3. The molecule has 2 atom stereocenters. The summed E-state index contributed by atoms with van der Waals surface area (Å²) in [4.78, 5) is 25.0.